The van der Waals surface area contributed by atoms with Gasteiger partial charge in [-0.25, -0.2) is 0 Å². The van der Waals surface area contributed by atoms with Crippen LogP contribution in [0.15, 0.2) is 24.3 Å². The third-order valence-corrected chi connectivity index (χ3v) is 4.02. The van der Waals surface area contributed by atoms with Gasteiger partial charge in [-0.3, -0.25) is 0 Å². The van der Waals surface area contributed by atoms with Gasteiger partial charge in [-0.1, -0.05) is 0 Å². The lowest BCUT2D eigenvalue weighted by atomic mass is 9.83. The van der Waals surface area contributed by atoms with Crippen molar-refractivity contribution >= 4 is 5.69 Å². The molecule has 2 rings (SSSR count). The average Bonchev–Trinajstić information content (AvgIpc) is 2.41. The Labute approximate surface area is 115 Å². The Morgan fingerprint density at radius 3 is 2.53 bits per heavy atom. The fraction of sp³-hybridized carbons (Fsp3) is 0.500. The summed E-state index contributed by atoms with van der Waals surface area (Å²) >= 11 is 0. The topological polar surface area (TPSA) is 50.8 Å². The molecular formula is C16H19N3. The first-order valence-corrected chi connectivity index (χ1v) is 6.71. The predicted octanol–water partition coefficient (Wildman–Crippen LogP) is 3.47. The van der Waals surface area contributed by atoms with Crippen molar-refractivity contribution in [3.8, 4) is 12.1 Å². The second kappa shape index (κ2) is 5.33. The summed E-state index contributed by atoms with van der Waals surface area (Å²) in [4.78, 5) is 2.37. The van der Waals surface area contributed by atoms with Gasteiger partial charge in [0.1, 0.15) is 0 Å². The van der Waals surface area contributed by atoms with Crippen molar-refractivity contribution in [2.75, 3.05) is 11.4 Å². The van der Waals surface area contributed by atoms with E-state index in [2.05, 4.69) is 30.9 Å². The summed E-state index contributed by atoms with van der Waals surface area (Å²) in [5, 5.41) is 17.7. The van der Waals surface area contributed by atoms with E-state index in [1.807, 2.05) is 24.3 Å². The summed E-state index contributed by atoms with van der Waals surface area (Å²) in [7, 11) is 0. The molecule has 0 N–H and O–H groups in total. The van der Waals surface area contributed by atoms with Crippen molar-refractivity contribution in [3.63, 3.8) is 0 Å². The van der Waals surface area contributed by atoms with Gasteiger partial charge in [0, 0.05) is 24.2 Å². The number of rotatable bonds is 2. The Kier molecular flexibility index (Phi) is 3.76. The molecule has 1 aromatic rings. The van der Waals surface area contributed by atoms with Crippen LogP contribution in [0.1, 0.15) is 38.7 Å². The van der Waals surface area contributed by atoms with Crippen LogP contribution in [-0.4, -0.2) is 12.1 Å². The minimum atomic E-state index is 0.111. The van der Waals surface area contributed by atoms with Crippen LogP contribution >= 0.6 is 0 Å². The number of hydrogen-bond acceptors (Lipinski definition) is 3. The lowest BCUT2D eigenvalue weighted by Gasteiger charge is -2.47. The average molecular weight is 253 g/mol. The van der Waals surface area contributed by atoms with Crippen LogP contribution in [0.4, 0.5) is 5.69 Å². The van der Waals surface area contributed by atoms with Gasteiger partial charge in [-0.05, 0) is 56.9 Å². The molecule has 0 bridgehead atoms. The zero-order valence-corrected chi connectivity index (χ0v) is 11.6. The van der Waals surface area contributed by atoms with Crippen LogP contribution in [0, 0.1) is 28.6 Å². The molecule has 1 unspecified atom stereocenters. The molecule has 1 atom stereocenters. The van der Waals surface area contributed by atoms with Crippen LogP contribution in [0.2, 0.25) is 0 Å². The third-order valence-electron chi connectivity index (χ3n) is 4.02. The second-order valence-electron chi connectivity index (χ2n) is 5.85. The standard InChI is InChI=1S/C16H19N3/c1-16(2)9-7-14(8-10-17)12-19(16)15-5-3-13(11-18)4-6-15/h3-6,14H,7-9,12H2,1-2H3. The minimum absolute atomic E-state index is 0.111. The largest absolute Gasteiger partial charge is 0.366 e. The molecule has 0 radical (unpaired) electrons. The highest BCUT2D eigenvalue weighted by molar-refractivity contribution is 5.52. The molecule has 0 aromatic heterocycles. The van der Waals surface area contributed by atoms with Crippen molar-refractivity contribution < 1.29 is 0 Å². The van der Waals surface area contributed by atoms with E-state index in [1.165, 1.54) is 0 Å². The van der Waals surface area contributed by atoms with Crippen LogP contribution in [-0.2, 0) is 0 Å². The maximum atomic E-state index is 8.87. The Morgan fingerprint density at radius 2 is 1.95 bits per heavy atom. The molecular weight excluding hydrogens is 234 g/mol. The molecule has 1 aliphatic heterocycles. The Balaban J connectivity index is 2.23. The van der Waals surface area contributed by atoms with E-state index < -0.39 is 0 Å². The van der Waals surface area contributed by atoms with Crippen molar-refractivity contribution in [1.82, 2.24) is 0 Å². The molecule has 1 aliphatic rings. The first-order valence-electron chi connectivity index (χ1n) is 6.71. The molecule has 3 heteroatoms. The SMILES string of the molecule is CC1(C)CCC(CC#N)CN1c1ccc(C#N)cc1. The van der Waals surface area contributed by atoms with Crippen LogP contribution in [0.25, 0.3) is 0 Å². The fourth-order valence-electron chi connectivity index (χ4n) is 2.76. The van der Waals surface area contributed by atoms with E-state index in [4.69, 9.17) is 10.5 Å². The number of anilines is 1. The van der Waals surface area contributed by atoms with Crippen molar-refractivity contribution in [3.05, 3.63) is 29.8 Å². The highest BCUT2D eigenvalue weighted by Crippen LogP contribution is 2.35. The maximum absolute atomic E-state index is 8.87. The first kappa shape index (κ1) is 13.4. The quantitative estimate of drug-likeness (QED) is 0.811. The molecule has 0 amide bonds. The van der Waals surface area contributed by atoms with Gasteiger partial charge in [-0.15, -0.1) is 0 Å². The van der Waals surface area contributed by atoms with Gasteiger partial charge in [-0.2, -0.15) is 10.5 Å². The van der Waals surface area contributed by atoms with Gasteiger partial charge in [0.25, 0.3) is 0 Å². The number of nitrogens with zero attached hydrogens (tertiary/aromatic N) is 3. The lowest BCUT2D eigenvalue weighted by molar-refractivity contribution is 0.293. The summed E-state index contributed by atoms with van der Waals surface area (Å²) < 4.78 is 0. The van der Waals surface area contributed by atoms with Gasteiger partial charge < -0.3 is 4.90 Å². The lowest BCUT2D eigenvalue weighted by Crippen LogP contribution is -2.50. The van der Waals surface area contributed by atoms with E-state index in [-0.39, 0.29) is 5.54 Å². The van der Waals surface area contributed by atoms with E-state index in [9.17, 15) is 0 Å². The molecule has 1 heterocycles. The molecule has 0 aliphatic carbocycles. The summed E-state index contributed by atoms with van der Waals surface area (Å²) in [5.74, 6) is 0.452. The zero-order chi connectivity index (χ0) is 13.9. The second-order valence-corrected chi connectivity index (χ2v) is 5.85. The first-order chi connectivity index (χ1) is 9.06. The molecule has 0 saturated carbocycles. The van der Waals surface area contributed by atoms with Crippen molar-refractivity contribution in [2.24, 2.45) is 5.92 Å². The Bertz CT molecular complexity index is 516. The molecule has 3 nitrogen and oxygen atoms in total. The minimum Gasteiger partial charge on any atom is -0.366 e. The van der Waals surface area contributed by atoms with E-state index >= 15 is 0 Å². The highest BCUT2D eigenvalue weighted by Gasteiger charge is 2.34. The molecule has 19 heavy (non-hydrogen) atoms. The monoisotopic (exact) mass is 253 g/mol. The molecule has 98 valence electrons. The smallest absolute Gasteiger partial charge is 0.0991 e. The highest BCUT2D eigenvalue weighted by atomic mass is 15.2. The van der Waals surface area contributed by atoms with E-state index in [0.29, 0.717) is 17.9 Å². The van der Waals surface area contributed by atoms with Crippen molar-refractivity contribution in [2.45, 2.75) is 38.6 Å². The summed E-state index contributed by atoms with van der Waals surface area (Å²) in [6.07, 6.45) is 2.84. The normalized spacial score (nSPS) is 21.5. The molecule has 1 saturated heterocycles. The number of nitriles is 2. The summed E-state index contributed by atoms with van der Waals surface area (Å²) in [5.41, 5.74) is 1.94. The predicted molar refractivity (Wildman–Crippen MR) is 75.5 cm³/mol. The van der Waals surface area contributed by atoms with Crippen LogP contribution < -0.4 is 4.90 Å². The Morgan fingerprint density at radius 1 is 1.26 bits per heavy atom. The van der Waals surface area contributed by atoms with Gasteiger partial charge >= 0.3 is 0 Å². The van der Waals surface area contributed by atoms with Crippen molar-refractivity contribution in [1.29, 1.82) is 10.5 Å². The maximum Gasteiger partial charge on any atom is 0.0991 e. The van der Waals surface area contributed by atoms with Gasteiger partial charge in [0.15, 0.2) is 0 Å². The van der Waals surface area contributed by atoms with Gasteiger partial charge in [0.2, 0.25) is 0 Å². The van der Waals surface area contributed by atoms with E-state index in [1.54, 1.807) is 0 Å². The third kappa shape index (κ3) is 2.88. The Hall–Kier alpha value is -2.00. The van der Waals surface area contributed by atoms with Gasteiger partial charge in [0.05, 0.1) is 17.7 Å². The van der Waals surface area contributed by atoms with Crippen LogP contribution in [0.5, 0.6) is 0 Å². The summed E-state index contributed by atoms with van der Waals surface area (Å²) in [6.45, 7) is 5.41. The summed E-state index contributed by atoms with van der Waals surface area (Å²) in [6, 6.07) is 12.2. The molecule has 1 fully saturated rings. The zero-order valence-electron chi connectivity index (χ0n) is 11.6. The fourth-order valence-corrected chi connectivity index (χ4v) is 2.76. The van der Waals surface area contributed by atoms with E-state index in [0.717, 1.165) is 25.1 Å². The molecule has 1 aromatic carbocycles. The number of benzene rings is 1. The van der Waals surface area contributed by atoms with Crippen LogP contribution in [0.3, 0.4) is 0 Å². The number of hydrogen-bond donors (Lipinski definition) is 0. The number of piperidine rings is 1. The molecule has 0 spiro atoms.